The minimum absolute atomic E-state index is 0.226. The molecule has 0 fully saturated rings. The molecule has 3 nitrogen and oxygen atoms in total. The Morgan fingerprint density at radius 2 is 2.55 bits per heavy atom. The highest BCUT2D eigenvalue weighted by Gasteiger charge is 1.96. The van der Waals surface area contributed by atoms with Crippen LogP contribution in [0.15, 0.2) is 16.8 Å². The molecular weight excluding hydrogens is 164 g/mol. The van der Waals surface area contributed by atoms with Gasteiger partial charge in [-0.3, -0.25) is 0 Å². The van der Waals surface area contributed by atoms with E-state index >= 15 is 0 Å². The third kappa shape index (κ3) is 3.15. The highest BCUT2D eigenvalue weighted by atomic mass is 32.1. The summed E-state index contributed by atoms with van der Waals surface area (Å²) in [5.41, 5.74) is 1.02. The van der Waals surface area contributed by atoms with E-state index in [-0.39, 0.29) is 6.61 Å². The zero-order valence-electron chi connectivity index (χ0n) is 5.82. The number of ether oxygens (including phenoxy) is 1. The fourth-order valence-corrected chi connectivity index (χ4v) is 1.28. The standard InChI is InChI=1S/C7H8O3S/c8-7(9)4-10-3-6-1-2-11-5-6/h1-2,5H,3-4H2,(H,8,9). The van der Waals surface area contributed by atoms with Crippen molar-refractivity contribution in [3.8, 4) is 0 Å². The van der Waals surface area contributed by atoms with E-state index in [4.69, 9.17) is 9.84 Å². The smallest absolute Gasteiger partial charge is 0.329 e. The quantitative estimate of drug-likeness (QED) is 0.745. The zero-order chi connectivity index (χ0) is 8.10. The predicted molar refractivity (Wildman–Crippen MR) is 41.6 cm³/mol. The van der Waals surface area contributed by atoms with E-state index < -0.39 is 5.97 Å². The van der Waals surface area contributed by atoms with Crippen molar-refractivity contribution in [2.45, 2.75) is 6.61 Å². The monoisotopic (exact) mass is 172 g/mol. The number of hydrogen-bond acceptors (Lipinski definition) is 3. The Kier molecular flexibility index (Phi) is 3.07. The molecular formula is C7H8O3S. The number of rotatable bonds is 4. The van der Waals surface area contributed by atoms with Crippen molar-refractivity contribution in [1.29, 1.82) is 0 Å². The maximum Gasteiger partial charge on any atom is 0.329 e. The van der Waals surface area contributed by atoms with Crippen molar-refractivity contribution in [2.24, 2.45) is 0 Å². The molecule has 0 amide bonds. The zero-order valence-corrected chi connectivity index (χ0v) is 6.63. The van der Waals surface area contributed by atoms with E-state index in [0.717, 1.165) is 5.56 Å². The summed E-state index contributed by atoms with van der Waals surface area (Å²) in [6.45, 7) is 0.158. The van der Waals surface area contributed by atoms with Gasteiger partial charge in [-0.2, -0.15) is 11.3 Å². The Morgan fingerprint density at radius 3 is 3.09 bits per heavy atom. The third-order valence-corrected chi connectivity index (χ3v) is 1.81. The first-order chi connectivity index (χ1) is 5.29. The van der Waals surface area contributed by atoms with Gasteiger partial charge < -0.3 is 9.84 Å². The summed E-state index contributed by atoms with van der Waals surface area (Å²) in [6, 6.07) is 1.91. The van der Waals surface area contributed by atoms with E-state index in [1.54, 1.807) is 11.3 Å². The van der Waals surface area contributed by atoms with Crippen molar-refractivity contribution < 1.29 is 14.6 Å². The van der Waals surface area contributed by atoms with Crippen molar-refractivity contribution in [3.63, 3.8) is 0 Å². The van der Waals surface area contributed by atoms with Gasteiger partial charge in [-0.1, -0.05) is 0 Å². The van der Waals surface area contributed by atoms with Gasteiger partial charge in [0.2, 0.25) is 0 Å². The Morgan fingerprint density at radius 1 is 1.73 bits per heavy atom. The van der Waals surface area contributed by atoms with Gasteiger partial charge in [0.25, 0.3) is 0 Å². The van der Waals surface area contributed by atoms with Gasteiger partial charge in [0.15, 0.2) is 0 Å². The van der Waals surface area contributed by atoms with Crippen LogP contribution in [-0.2, 0) is 16.1 Å². The molecule has 0 aliphatic carbocycles. The Labute approximate surface area is 68.2 Å². The van der Waals surface area contributed by atoms with Crippen LogP contribution < -0.4 is 0 Å². The minimum atomic E-state index is -0.930. The molecule has 0 radical (unpaired) electrons. The van der Waals surface area contributed by atoms with Crippen LogP contribution in [-0.4, -0.2) is 17.7 Å². The molecule has 0 aliphatic heterocycles. The number of carbonyl (C=O) groups is 1. The predicted octanol–water partition coefficient (Wildman–Crippen LogP) is 1.35. The molecule has 0 saturated carbocycles. The Balaban J connectivity index is 2.19. The number of carboxylic acids is 1. The normalized spacial score (nSPS) is 9.82. The van der Waals surface area contributed by atoms with Gasteiger partial charge in [-0.25, -0.2) is 4.79 Å². The van der Waals surface area contributed by atoms with Gasteiger partial charge in [-0.15, -0.1) is 0 Å². The molecule has 1 aromatic rings. The molecule has 0 aliphatic rings. The molecule has 0 atom stereocenters. The molecule has 1 N–H and O–H groups in total. The fourth-order valence-electron chi connectivity index (χ4n) is 0.631. The van der Waals surface area contributed by atoms with Gasteiger partial charge in [0.1, 0.15) is 6.61 Å². The van der Waals surface area contributed by atoms with Crippen LogP contribution in [0.25, 0.3) is 0 Å². The molecule has 11 heavy (non-hydrogen) atoms. The average molecular weight is 172 g/mol. The second-order valence-electron chi connectivity index (χ2n) is 2.02. The highest BCUT2D eigenvalue weighted by Crippen LogP contribution is 2.06. The van der Waals surface area contributed by atoms with Crippen LogP contribution in [0, 0.1) is 0 Å². The van der Waals surface area contributed by atoms with Crippen LogP contribution >= 0.6 is 11.3 Å². The van der Waals surface area contributed by atoms with Gasteiger partial charge in [0.05, 0.1) is 6.61 Å². The van der Waals surface area contributed by atoms with E-state index in [0.29, 0.717) is 6.61 Å². The maximum atomic E-state index is 10.0. The lowest BCUT2D eigenvalue weighted by Gasteiger charge is -1.96. The lowest BCUT2D eigenvalue weighted by molar-refractivity contribution is -0.142. The number of hydrogen-bond donors (Lipinski definition) is 1. The minimum Gasteiger partial charge on any atom is -0.480 e. The molecule has 4 heteroatoms. The Bertz CT molecular complexity index is 218. The molecule has 0 saturated heterocycles. The van der Waals surface area contributed by atoms with E-state index in [9.17, 15) is 4.79 Å². The summed E-state index contributed by atoms with van der Waals surface area (Å²) < 4.78 is 4.85. The van der Waals surface area contributed by atoms with Crippen LogP contribution in [0.2, 0.25) is 0 Å². The lowest BCUT2D eigenvalue weighted by Crippen LogP contribution is -2.06. The first-order valence-electron chi connectivity index (χ1n) is 3.09. The van der Waals surface area contributed by atoms with Crippen molar-refractivity contribution in [3.05, 3.63) is 22.4 Å². The highest BCUT2D eigenvalue weighted by molar-refractivity contribution is 7.07. The van der Waals surface area contributed by atoms with Crippen molar-refractivity contribution in [2.75, 3.05) is 6.61 Å². The maximum absolute atomic E-state index is 10.0. The second-order valence-corrected chi connectivity index (χ2v) is 2.80. The van der Waals surface area contributed by atoms with Crippen LogP contribution in [0.4, 0.5) is 0 Å². The summed E-state index contributed by atoms with van der Waals surface area (Å²) >= 11 is 1.57. The van der Waals surface area contributed by atoms with E-state index in [1.807, 2.05) is 16.8 Å². The topological polar surface area (TPSA) is 46.5 Å². The average Bonchev–Trinajstić information content (AvgIpc) is 2.39. The summed E-state index contributed by atoms with van der Waals surface area (Å²) in [4.78, 5) is 10.0. The van der Waals surface area contributed by atoms with Gasteiger partial charge in [0, 0.05) is 0 Å². The van der Waals surface area contributed by atoms with E-state index in [2.05, 4.69) is 0 Å². The van der Waals surface area contributed by atoms with Crippen molar-refractivity contribution >= 4 is 17.3 Å². The van der Waals surface area contributed by atoms with E-state index in [1.165, 1.54) is 0 Å². The molecule has 1 heterocycles. The molecule has 60 valence electrons. The summed E-state index contributed by atoms with van der Waals surface area (Å²) in [5, 5.41) is 12.1. The number of carboxylic acid groups (broad SMARTS) is 1. The number of thiophene rings is 1. The first kappa shape index (κ1) is 8.23. The lowest BCUT2D eigenvalue weighted by atomic mass is 10.4. The molecule has 1 aromatic heterocycles. The van der Waals surface area contributed by atoms with Crippen LogP contribution in [0.5, 0.6) is 0 Å². The van der Waals surface area contributed by atoms with Gasteiger partial charge in [-0.05, 0) is 22.4 Å². The van der Waals surface area contributed by atoms with Crippen LogP contribution in [0.1, 0.15) is 5.56 Å². The van der Waals surface area contributed by atoms with Crippen LogP contribution in [0.3, 0.4) is 0 Å². The molecule has 0 spiro atoms. The Hall–Kier alpha value is -0.870. The third-order valence-electron chi connectivity index (χ3n) is 1.07. The molecule has 0 unspecified atom stereocenters. The largest absolute Gasteiger partial charge is 0.480 e. The molecule has 0 bridgehead atoms. The summed E-state index contributed by atoms with van der Waals surface area (Å²) in [7, 11) is 0. The SMILES string of the molecule is O=C(O)COCc1ccsc1. The summed E-state index contributed by atoms with van der Waals surface area (Å²) in [6.07, 6.45) is 0. The number of aliphatic carboxylic acids is 1. The van der Waals surface area contributed by atoms with Gasteiger partial charge >= 0.3 is 5.97 Å². The molecule has 1 rings (SSSR count). The molecule has 0 aromatic carbocycles. The first-order valence-corrected chi connectivity index (χ1v) is 4.04. The summed E-state index contributed by atoms with van der Waals surface area (Å²) in [5.74, 6) is -0.930. The fraction of sp³-hybridized carbons (Fsp3) is 0.286. The van der Waals surface area contributed by atoms with Crippen molar-refractivity contribution in [1.82, 2.24) is 0 Å². The second kappa shape index (κ2) is 4.10.